The summed E-state index contributed by atoms with van der Waals surface area (Å²) in [6.45, 7) is -0.666. The van der Waals surface area contributed by atoms with Gasteiger partial charge in [-0.3, -0.25) is 4.79 Å². The molecule has 0 unspecified atom stereocenters. The van der Waals surface area contributed by atoms with Crippen molar-refractivity contribution in [2.24, 2.45) is 0 Å². The van der Waals surface area contributed by atoms with Crippen molar-refractivity contribution in [1.29, 1.82) is 0 Å². The zero-order chi connectivity index (χ0) is 34.2. The number of hydrogen-bond acceptors (Lipinski definition) is 15. The lowest BCUT2D eigenvalue weighted by Crippen LogP contribution is -2.56. The van der Waals surface area contributed by atoms with Gasteiger partial charge in [-0.25, -0.2) is 4.79 Å². The van der Waals surface area contributed by atoms with E-state index in [0.717, 1.165) is 30.3 Å². The Labute approximate surface area is 264 Å². The zero-order valence-corrected chi connectivity index (χ0v) is 24.7. The topological polar surface area (TPSA) is 246 Å². The van der Waals surface area contributed by atoms with E-state index in [1.807, 2.05) is 0 Å². The van der Waals surface area contributed by atoms with Crippen molar-refractivity contribution in [3.63, 3.8) is 0 Å². The van der Waals surface area contributed by atoms with Gasteiger partial charge in [0, 0.05) is 23.8 Å². The maximum absolute atomic E-state index is 13.9. The standard InChI is InChI=1S/C32H30O15/c1-43-20-7-13(8-21(44-2)26(20)38)3-6-23(37)45-12-22-27(39)29(41)30(42)32(47-22)25-28(40)24-18(36)10-15(33)11-19(24)46-31(25)14-4-5-16(34)17(35)9-14/h3-11,22,27,29-30,32-36,38-39,41-42H,12H2,1-2H3/b6-3+/t22-,27-,29+,30-,32+/m1/s1. The first-order valence-electron chi connectivity index (χ1n) is 13.9. The van der Waals surface area contributed by atoms with E-state index in [-0.39, 0.29) is 34.2 Å². The fourth-order valence-electron chi connectivity index (χ4n) is 5.15. The minimum atomic E-state index is -1.96. The maximum atomic E-state index is 13.9. The van der Waals surface area contributed by atoms with Crippen molar-refractivity contribution in [3.8, 4) is 51.6 Å². The Morgan fingerprint density at radius 2 is 1.53 bits per heavy atom. The number of carbonyl (C=O) groups is 1. The molecule has 5 rings (SSSR count). The van der Waals surface area contributed by atoms with Crippen LogP contribution in [0.15, 0.2) is 57.8 Å². The van der Waals surface area contributed by atoms with Gasteiger partial charge in [0.2, 0.25) is 11.2 Å². The van der Waals surface area contributed by atoms with E-state index in [1.165, 1.54) is 38.5 Å². The average Bonchev–Trinajstić information content (AvgIpc) is 3.04. The summed E-state index contributed by atoms with van der Waals surface area (Å²) in [5.41, 5.74) is -1.32. The number of fused-ring (bicyclic) bond motifs is 1. The number of methoxy groups -OCH3 is 2. The molecule has 0 bridgehead atoms. The third kappa shape index (κ3) is 6.32. The Kier molecular flexibility index (Phi) is 9.17. The molecule has 1 aromatic heterocycles. The molecule has 0 aliphatic carbocycles. The largest absolute Gasteiger partial charge is 0.508 e. The van der Waals surface area contributed by atoms with Crippen LogP contribution in [0.4, 0.5) is 0 Å². The molecule has 15 nitrogen and oxygen atoms in total. The van der Waals surface area contributed by atoms with Crippen LogP contribution in [0.1, 0.15) is 17.2 Å². The van der Waals surface area contributed by atoms with E-state index in [9.17, 15) is 50.4 Å². The van der Waals surface area contributed by atoms with E-state index < -0.39 is 82.5 Å². The molecule has 1 saturated heterocycles. The van der Waals surface area contributed by atoms with Crippen molar-refractivity contribution in [1.82, 2.24) is 0 Å². The summed E-state index contributed by atoms with van der Waals surface area (Å²) in [5, 5.41) is 82.5. The molecule has 5 atom stereocenters. The minimum absolute atomic E-state index is 0.0100. The summed E-state index contributed by atoms with van der Waals surface area (Å²) < 4.78 is 27.1. The Morgan fingerprint density at radius 1 is 0.851 bits per heavy atom. The summed E-state index contributed by atoms with van der Waals surface area (Å²) in [6, 6.07) is 8.17. The van der Waals surface area contributed by atoms with Crippen LogP contribution in [0, 0.1) is 0 Å². The number of aliphatic hydroxyl groups excluding tert-OH is 3. The summed E-state index contributed by atoms with van der Waals surface area (Å²) in [4.78, 5) is 26.4. The number of benzene rings is 3. The molecule has 4 aromatic rings. The molecule has 0 saturated carbocycles. The fraction of sp³-hybridized carbons (Fsp3) is 0.250. The van der Waals surface area contributed by atoms with Gasteiger partial charge in [-0.2, -0.15) is 0 Å². The molecule has 1 fully saturated rings. The van der Waals surface area contributed by atoms with Crippen molar-refractivity contribution in [3.05, 3.63) is 69.9 Å². The molecular formula is C32H30O15. The molecule has 3 aromatic carbocycles. The summed E-state index contributed by atoms with van der Waals surface area (Å²) in [6.07, 6.45) is -6.61. The number of esters is 1. The highest BCUT2D eigenvalue weighted by Crippen LogP contribution is 2.41. The molecule has 0 radical (unpaired) electrons. The SMILES string of the molecule is COc1cc(/C=C/C(=O)OC[C@H]2O[C@@H](c3c(-c4ccc(O)c(O)c4)oc4cc(O)cc(O)c4c3=O)[C@H](O)[C@@H](O)[C@@H]2O)cc(OC)c1O. The monoisotopic (exact) mass is 654 g/mol. The number of ether oxygens (including phenoxy) is 4. The summed E-state index contributed by atoms with van der Waals surface area (Å²) in [7, 11) is 2.66. The molecule has 2 heterocycles. The van der Waals surface area contributed by atoms with Gasteiger partial charge in [-0.05, 0) is 42.0 Å². The van der Waals surface area contributed by atoms with Crippen molar-refractivity contribution in [2.75, 3.05) is 20.8 Å². The van der Waals surface area contributed by atoms with Gasteiger partial charge in [0.05, 0.1) is 19.8 Å². The fourth-order valence-corrected chi connectivity index (χ4v) is 5.15. The molecule has 0 amide bonds. The quantitative estimate of drug-likeness (QED) is 0.0767. The number of phenols is 5. The third-order valence-corrected chi connectivity index (χ3v) is 7.53. The molecule has 47 heavy (non-hydrogen) atoms. The third-order valence-electron chi connectivity index (χ3n) is 7.53. The molecule has 1 aliphatic heterocycles. The second-order valence-electron chi connectivity index (χ2n) is 10.5. The lowest BCUT2D eigenvalue weighted by atomic mass is 9.89. The Balaban J connectivity index is 1.47. The highest BCUT2D eigenvalue weighted by atomic mass is 16.6. The van der Waals surface area contributed by atoms with Crippen LogP contribution in [0.3, 0.4) is 0 Å². The number of aromatic hydroxyl groups is 5. The summed E-state index contributed by atoms with van der Waals surface area (Å²) in [5.74, 6) is -3.56. The van der Waals surface area contributed by atoms with Crippen LogP contribution >= 0.6 is 0 Å². The molecular weight excluding hydrogens is 624 g/mol. The lowest BCUT2D eigenvalue weighted by Gasteiger charge is -2.40. The molecule has 1 aliphatic rings. The Bertz CT molecular complexity index is 1890. The van der Waals surface area contributed by atoms with E-state index in [1.54, 1.807) is 0 Å². The highest BCUT2D eigenvalue weighted by molar-refractivity contribution is 5.88. The predicted octanol–water partition coefficient (Wildman–Crippen LogP) is 1.78. The smallest absolute Gasteiger partial charge is 0.330 e. The van der Waals surface area contributed by atoms with E-state index in [0.29, 0.717) is 5.56 Å². The van der Waals surface area contributed by atoms with Gasteiger partial charge in [0.1, 0.15) is 65.4 Å². The molecule has 8 N–H and O–H groups in total. The van der Waals surface area contributed by atoms with Gasteiger partial charge in [0.25, 0.3) is 0 Å². The predicted molar refractivity (Wildman–Crippen MR) is 161 cm³/mol. The van der Waals surface area contributed by atoms with Crippen LogP contribution in [0.2, 0.25) is 0 Å². The van der Waals surface area contributed by atoms with Crippen molar-refractivity contribution in [2.45, 2.75) is 30.5 Å². The molecule has 0 spiro atoms. The highest BCUT2D eigenvalue weighted by Gasteiger charge is 2.47. The van der Waals surface area contributed by atoms with Gasteiger partial charge in [0.15, 0.2) is 23.0 Å². The average molecular weight is 655 g/mol. The number of hydrogen-bond donors (Lipinski definition) is 8. The van der Waals surface area contributed by atoms with Crippen LogP contribution in [-0.4, -0.2) is 92.1 Å². The Morgan fingerprint density at radius 3 is 2.17 bits per heavy atom. The van der Waals surface area contributed by atoms with Crippen LogP contribution in [-0.2, 0) is 14.3 Å². The van der Waals surface area contributed by atoms with E-state index in [2.05, 4.69) is 0 Å². The minimum Gasteiger partial charge on any atom is -0.508 e. The van der Waals surface area contributed by atoms with Crippen LogP contribution < -0.4 is 14.9 Å². The first-order valence-corrected chi connectivity index (χ1v) is 13.9. The van der Waals surface area contributed by atoms with E-state index >= 15 is 0 Å². The van der Waals surface area contributed by atoms with Gasteiger partial charge in [-0.15, -0.1) is 0 Å². The first kappa shape index (κ1) is 32.9. The van der Waals surface area contributed by atoms with Crippen molar-refractivity contribution < 1.29 is 69.0 Å². The van der Waals surface area contributed by atoms with Crippen molar-refractivity contribution >= 4 is 23.0 Å². The van der Waals surface area contributed by atoms with Crippen LogP contribution in [0.25, 0.3) is 28.4 Å². The van der Waals surface area contributed by atoms with Gasteiger partial charge in [-0.1, -0.05) is 0 Å². The molecule has 248 valence electrons. The second kappa shape index (κ2) is 13.1. The number of rotatable bonds is 8. The zero-order valence-electron chi connectivity index (χ0n) is 24.7. The molecule has 15 heteroatoms. The van der Waals surface area contributed by atoms with E-state index in [4.69, 9.17) is 23.4 Å². The number of aliphatic hydroxyl groups is 3. The lowest BCUT2D eigenvalue weighted by molar-refractivity contribution is -0.234. The Hall–Kier alpha value is -5.48. The second-order valence-corrected chi connectivity index (χ2v) is 10.5. The normalized spacial score (nSPS) is 21.2. The summed E-state index contributed by atoms with van der Waals surface area (Å²) >= 11 is 0. The van der Waals surface area contributed by atoms with Gasteiger partial charge < -0.3 is 64.2 Å². The number of carbonyl (C=O) groups excluding carboxylic acids is 1. The van der Waals surface area contributed by atoms with Crippen LogP contribution in [0.5, 0.6) is 40.2 Å². The van der Waals surface area contributed by atoms with Gasteiger partial charge >= 0.3 is 5.97 Å². The maximum Gasteiger partial charge on any atom is 0.330 e. The number of phenolic OH excluding ortho intramolecular Hbond substituents is 5. The first-order chi connectivity index (χ1) is 22.3.